The number of nitrogens with one attached hydrogen (secondary N) is 3. The van der Waals surface area contributed by atoms with Gasteiger partial charge in [0.25, 0.3) is 0 Å². The Morgan fingerprint density at radius 2 is 1.26 bits per heavy atom. The number of thioether (sulfide) groups is 1. The maximum atomic E-state index is 13.3. The summed E-state index contributed by atoms with van der Waals surface area (Å²) in [5.41, 5.74) is 5.91. The Morgan fingerprint density at radius 1 is 0.686 bits per heavy atom. The van der Waals surface area contributed by atoms with E-state index in [0.717, 1.165) is 33.1 Å². The quantitative estimate of drug-likeness (QED) is 0.181. The van der Waals surface area contributed by atoms with Gasteiger partial charge in [-0.1, -0.05) is 54.6 Å². The van der Waals surface area contributed by atoms with Gasteiger partial charge in [0.15, 0.2) is 5.11 Å². The molecule has 3 N–H and O–H groups in total. The van der Waals surface area contributed by atoms with Crippen molar-refractivity contribution in [2.75, 3.05) is 16.0 Å². The number of anilines is 3. The van der Waals surface area contributed by atoms with Crippen LogP contribution in [0.5, 0.6) is 0 Å². The molecule has 6 heteroatoms. The second kappa shape index (κ2) is 11.7. The van der Waals surface area contributed by atoms with Gasteiger partial charge in [-0.25, -0.2) is 0 Å². The third-order valence-corrected chi connectivity index (χ3v) is 6.98. The van der Waals surface area contributed by atoms with Gasteiger partial charge >= 0.3 is 0 Å². The third-order valence-electron chi connectivity index (χ3n) is 5.51. The molecule has 4 nitrogen and oxygen atoms in total. The fourth-order valence-electron chi connectivity index (χ4n) is 3.50. The Bertz CT molecular complexity index is 1290. The zero-order chi connectivity index (χ0) is 24.6. The first-order valence-electron chi connectivity index (χ1n) is 11.3. The van der Waals surface area contributed by atoms with E-state index in [-0.39, 0.29) is 5.91 Å². The van der Waals surface area contributed by atoms with E-state index in [0.29, 0.717) is 5.11 Å². The zero-order valence-corrected chi connectivity index (χ0v) is 21.3. The van der Waals surface area contributed by atoms with Gasteiger partial charge in [0.1, 0.15) is 5.25 Å². The summed E-state index contributed by atoms with van der Waals surface area (Å²) in [6.07, 6.45) is 0. The van der Waals surface area contributed by atoms with E-state index in [2.05, 4.69) is 22.9 Å². The lowest BCUT2D eigenvalue weighted by atomic mass is 10.1. The zero-order valence-electron chi connectivity index (χ0n) is 19.6. The van der Waals surface area contributed by atoms with Crippen LogP contribution in [-0.4, -0.2) is 11.0 Å². The number of carbonyl (C=O) groups is 1. The van der Waals surface area contributed by atoms with E-state index >= 15 is 0 Å². The molecule has 35 heavy (non-hydrogen) atoms. The number of benzene rings is 4. The predicted octanol–water partition coefficient (Wildman–Crippen LogP) is 7.58. The first-order valence-corrected chi connectivity index (χ1v) is 12.6. The summed E-state index contributed by atoms with van der Waals surface area (Å²) in [5.74, 6) is -0.0557. The summed E-state index contributed by atoms with van der Waals surface area (Å²) in [6.45, 7) is 4.11. The number of hydrogen-bond acceptors (Lipinski definition) is 3. The molecule has 0 aliphatic rings. The van der Waals surface area contributed by atoms with Crippen LogP contribution in [0.25, 0.3) is 0 Å². The molecule has 0 aliphatic carbocycles. The Labute approximate surface area is 216 Å². The van der Waals surface area contributed by atoms with Crippen LogP contribution in [0.1, 0.15) is 21.9 Å². The number of aryl methyl sites for hydroxylation is 2. The lowest BCUT2D eigenvalue weighted by Gasteiger charge is -2.18. The molecular weight excluding hydrogens is 470 g/mol. The molecule has 0 bridgehead atoms. The molecule has 4 rings (SSSR count). The SMILES string of the molecule is Cc1ccc(NC(=O)C(Sc2ccc(NC(=S)Nc3ccccc3)cc2)c2ccccc2)cc1C. The van der Waals surface area contributed by atoms with Crippen molar-refractivity contribution in [3.05, 3.63) is 120 Å². The van der Waals surface area contributed by atoms with E-state index in [1.807, 2.05) is 110 Å². The summed E-state index contributed by atoms with van der Waals surface area (Å²) < 4.78 is 0. The minimum absolute atomic E-state index is 0.0557. The highest BCUT2D eigenvalue weighted by atomic mass is 32.2. The monoisotopic (exact) mass is 497 g/mol. The molecule has 0 spiro atoms. The van der Waals surface area contributed by atoms with Gasteiger partial charge in [-0.2, -0.15) is 0 Å². The van der Waals surface area contributed by atoms with Crippen molar-refractivity contribution in [1.29, 1.82) is 0 Å². The summed E-state index contributed by atoms with van der Waals surface area (Å²) in [5, 5.41) is 9.59. The smallest absolute Gasteiger partial charge is 0.242 e. The topological polar surface area (TPSA) is 53.2 Å². The fourth-order valence-corrected chi connectivity index (χ4v) is 4.76. The molecule has 0 radical (unpaired) electrons. The molecule has 0 aromatic heterocycles. The number of carbonyl (C=O) groups excluding carboxylic acids is 1. The first-order chi connectivity index (χ1) is 17.0. The van der Waals surface area contributed by atoms with Crippen molar-refractivity contribution >= 4 is 52.1 Å². The molecule has 1 unspecified atom stereocenters. The molecule has 0 aliphatic heterocycles. The normalized spacial score (nSPS) is 11.4. The van der Waals surface area contributed by atoms with Crippen LogP contribution in [0.2, 0.25) is 0 Å². The molecule has 0 fully saturated rings. The Hall–Kier alpha value is -3.61. The fraction of sp³-hybridized carbons (Fsp3) is 0.103. The van der Waals surface area contributed by atoms with Crippen LogP contribution in [0, 0.1) is 13.8 Å². The number of para-hydroxylation sites is 1. The molecule has 4 aromatic rings. The molecule has 0 saturated heterocycles. The number of hydrogen-bond donors (Lipinski definition) is 3. The molecule has 0 heterocycles. The minimum Gasteiger partial charge on any atom is -0.332 e. The number of amides is 1. The largest absolute Gasteiger partial charge is 0.332 e. The molecule has 1 atom stereocenters. The summed E-state index contributed by atoms with van der Waals surface area (Å²) in [7, 11) is 0. The average molecular weight is 498 g/mol. The number of thiocarbonyl (C=S) groups is 1. The highest BCUT2D eigenvalue weighted by Gasteiger charge is 2.22. The number of rotatable bonds is 7. The summed E-state index contributed by atoms with van der Waals surface area (Å²) in [4.78, 5) is 14.3. The van der Waals surface area contributed by atoms with E-state index in [1.165, 1.54) is 17.3 Å². The van der Waals surface area contributed by atoms with E-state index < -0.39 is 5.25 Å². The van der Waals surface area contributed by atoms with Crippen LogP contribution in [0.15, 0.2) is 108 Å². The Morgan fingerprint density at radius 3 is 1.89 bits per heavy atom. The average Bonchev–Trinajstić information content (AvgIpc) is 2.87. The highest BCUT2D eigenvalue weighted by Crippen LogP contribution is 2.36. The molecule has 1 amide bonds. The van der Waals surface area contributed by atoms with Crippen molar-refractivity contribution in [2.24, 2.45) is 0 Å². The first kappa shape index (κ1) is 24.5. The standard InChI is InChI=1S/C29H27N3OS2/c1-20-13-14-25(19-21(20)2)30-28(33)27(22-9-5-3-6-10-22)35-26-17-15-24(16-18-26)32-29(34)31-23-11-7-4-8-12-23/h3-19,27H,1-2H3,(H,30,33)(H2,31,32,34). The van der Waals surface area contributed by atoms with Crippen molar-refractivity contribution in [2.45, 2.75) is 24.0 Å². The third kappa shape index (κ3) is 6.94. The Kier molecular flexibility index (Phi) is 8.19. The van der Waals surface area contributed by atoms with Crippen molar-refractivity contribution in [3.8, 4) is 0 Å². The van der Waals surface area contributed by atoms with Crippen LogP contribution in [0.3, 0.4) is 0 Å². The van der Waals surface area contributed by atoms with Gasteiger partial charge in [-0.3, -0.25) is 4.79 Å². The van der Waals surface area contributed by atoms with E-state index in [9.17, 15) is 4.79 Å². The Balaban J connectivity index is 1.45. The van der Waals surface area contributed by atoms with E-state index in [1.54, 1.807) is 0 Å². The van der Waals surface area contributed by atoms with Gasteiger partial charge in [0, 0.05) is 22.0 Å². The maximum Gasteiger partial charge on any atom is 0.242 e. The van der Waals surface area contributed by atoms with Gasteiger partial charge in [-0.05, 0) is 91.3 Å². The highest BCUT2D eigenvalue weighted by molar-refractivity contribution is 8.00. The van der Waals surface area contributed by atoms with Gasteiger partial charge in [0.05, 0.1) is 0 Å². The van der Waals surface area contributed by atoms with Crippen LogP contribution in [-0.2, 0) is 4.79 Å². The van der Waals surface area contributed by atoms with Crippen LogP contribution in [0.4, 0.5) is 17.1 Å². The molecule has 0 saturated carbocycles. The second-order valence-corrected chi connectivity index (χ2v) is 9.75. The maximum absolute atomic E-state index is 13.3. The van der Waals surface area contributed by atoms with Gasteiger partial charge < -0.3 is 16.0 Å². The van der Waals surface area contributed by atoms with Crippen molar-refractivity contribution < 1.29 is 4.79 Å². The predicted molar refractivity (Wildman–Crippen MR) is 152 cm³/mol. The summed E-state index contributed by atoms with van der Waals surface area (Å²) >= 11 is 6.94. The van der Waals surface area contributed by atoms with Crippen LogP contribution < -0.4 is 16.0 Å². The van der Waals surface area contributed by atoms with Crippen molar-refractivity contribution in [1.82, 2.24) is 0 Å². The molecule has 176 valence electrons. The lowest BCUT2D eigenvalue weighted by molar-refractivity contribution is -0.115. The lowest BCUT2D eigenvalue weighted by Crippen LogP contribution is -2.19. The molecular formula is C29H27N3OS2. The van der Waals surface area contributed by atoms with Crippen LogP contribution >= 0.6 is 24.0 Å². The van der Waals surface area contributed by atoms with Gasteiger partial charge in [-0.15, -0.1) is 11.8 Å². The second-order valence-electron chi connectivity index (χ2n) is 8.17. The van der Waals surface area contributed by atoms with Gasteiger partial charge in [0.2, 0.25) is 5.91 Å². The van der Waals surface area contributed by atoms with E-state index in [4.69, 9.17) is 12.2 Å². The van der Waals surface area contributed by atoms with Crippen molar-refractivity contribution in [3.63, 3.8) is 0 Å². The molecule has 4 aromatic carbocycles. The minimum atomic E-state index is -0.391. The summed E-state index contributed by atoms with van der Waals surface area (Å²) in [6, 6.07) is 33.5.